The van der Waals surface area contributed by atoms with Gasteiger partial charge in [0, 0.05) is 5.69 Å². The number of hydrogen-bond acceptors (Lipinski definition) is 6. The molecule has 1 fully saturated rings. The van der Waals surface area contributed by atoms with Crippen LogP contribution in [0.1, 0.15) is 30.5 Å². The Bertz CT molecular complexity index is 1080. The average molecular weight is 455 g/mol. The van der Waals surface area contributed by atoms with Crippen LogP contribution in [-0.2, 0) is 9.59 Å². The van der Waals surface area contributed by atoms with Gasteiger partial charge in [-0.15, -0.1) is 0 Å². The second-order valence-corrected chi connectivity index (χ2v) is 8.20. The van der Waals surface area contributed by atoms with E-state index in [0.29, 0.717) is 36.0 Å². The molecule has 0 bridgehead atoms. The van der Waals surface area contributed by atoms with Crippen molar-refractivity contribution >= 4 is 40.6 Å². The van der Waals surface area contributed by atoms with Gasteiger partial charge in [0.2, 0.25) is 5.91 Å². The summed E-state index contributed by atoms with van der Waals surface area (Å²) in [6.07, 6.45) is 1.62. The zero-order chi connectivity index (χ0) is 23.3. The summed E-state index contributed by atoms with van der Waals surface area (Å²) < 4.78 is 11.2. The number of hydrogen-bond donors (Lipinski definition) is 1. The molecule has 32 heavy (non-hydrogen) atoms. The van der Waals surface area contributed by atoms with Gasteiger partial charge in [-0.2, -0.15) is 0 Å². The Labute approximate surface area is 191 Å². The Morgan fingerprint density at radius 2 is 1.75 bits per heavy atom. The molecule has 0 atom stereocenters. The Morgan fingerprint density at radius 3 is 2.44 bits per heavy atom. The molecule has 0 radical (unpaired) electrons. The number of thioether (sulfide) groups is 1. The molecule has 2 aromatic rings. The number of benzene rings is 2. The van der Waals surface area contributed by atoms with Crippen molar-refractivity contribution in [3.8, 4) is 11.5 Å². The van der Waals surface area contributed by atoms with Crippen molar-refractivity contribution in [1.82, 2.24) is 4.90 Å². The Kier molecular flexibility index (Phi) is 7.58. The van der Waals surface area contributed by atoms with Crippen LogP contribution in [0, 0.1) is 13.8 Å². The molecule has 8 heteroatoms. The summed E-state index contributed by atoms with van der Waals surface area (Å²) in [6, 6.07) is 11.0. The zero-order valence-electron chi connectivity index (χ0n) is 18.6. The minimum Gasteiger partial charge on any atom is -0.490 e. The Balaban J connectivity index is 1.73. The van der Waals surface area contributed by atoms with E-state index in [1.807, 2.05) is 39.8 Å². The van der Waals surface area contributed by atoms with E-state index in [4.69, 9.17) is 9.47 Å². The van der Waals surface area contributed by atoms with Crippen LogP contribution in [0.15, 0.2) is 41.3 Å². The number of aryl methyl sites for hydroxylation is 2. The van der Waals surface area contributed by atoms with Crippen LogP contribution in [0.4, 0.5) is 10.5 Å². The Hall–Kier alpha value is -3.26. The molecule has 0 aromatic heterocycles. The number of amides is 3. The quantitative estimate of drug-likeness (QED) is 0.578. The monoisotopic (exact) mass is 454 g/mol. The van der Waals surface area contributed by atoms with Gasteiger partial charge in [0.05, 0.1) is 18.1 Å². The predicted molar refractivity (Wildman–Crippen MR) is 126 cm³/mol. The molecule has 1 saturated heterocycles. The summed E-state index contributed by atoms with van der Waals surface area (Å²) >= 11 is 0.810. The smallest absolute Gasteiger partial charge is 0.294 e. The first-order chi connectivity index (χ1) is 15.3. The van der Waals surface area contributed by atoms with Gasteiger partial charge in [-0.05, 0) is 74.9 Å². The van der Waals surface area contributed by atoms with E-state index < -0.39 is 17.1 Å². The molecule has 3 amide bonds. The van der Waals surface area contributed by atoms with Crippen LogP contribution in [0.3, 0.4) is 0 Å². The molecule has 168 valence electrons. The maximum atomic E-state index is 12.8. The van der Waals surface area contributed by atoms with Gasteiger partial charge in [0.15, 0.2) is 11.5 Å². The van der Waals surface area contributed by atoms with Gasteiger partial charge in [-0.3, -0.25) is 19.3 Å². The predicted octanol–water partition coefficient (Wildman–Crippen LogP) is 4.78. The lowest BCUT2D eigenvalue weighted by atomic mass is 10.1. The highest BCUT2D eigenvalue weighted by molar-refractivity contribution is 8.18. The molecule has 3 rings (SSSR count). The topological polar surface area (TPSA) is 84.9 Å². The van der Waals surface area contributed by atoms with Gasteiger partial charge in [0.1, 0.15) is 6.54 Å². The summed E-state index contributed by atoms with van der Waals surface area (Å²) in [5.41, 5.74) is 3.34. The van der Waals surface area contributed by atoms with Crippen LogP contribution in [0.2, 0.25) is 0 Å². The van der Waals surface area contributed by atoms with Crippen molar-refractivity contribution in [2.45, 2.75) is 27.7 Å². The molecule has 1 aliphatic heterocycles. The van der Waals surface area contributed by atoms with E-state index in [-0.39, 0.29) is 11.4 Å². The zero-order valence-corrected chi connectivity index (χ0v) is 19.4. The third-order valence-corrected chi connectivity index (χ3v) is 5.60. The maximum absolute atomic E-state index is 12.8. The number of carbonyl (C=O) groups excluding carboxylic acids is 3. The molecule has 1 N–H and O–H groups in total. The Morgan fingerprint density at radius 1 is 1.03 bits per heavy atom. The highest BCUT2D eigenvalue weighted by Gasteiger charge is 2.36. The fourth-order valence-electron chi connectivity index (χ4n) is 3.23. The summed E-state index contributed by atoms with van der Waals surface area (Å²) in [7, 11) is 0. The fraction of sp³-hybridized carbons (Fsp3) is 0.292. The van der Waals surface area contributed by atoms with E-state index in [9.17, 15) is 14.4 Å². The standard InChI is InChI=1S/C24H26N2O5S/c1-5-30-19-10-8-17(12-20(19)31-6-2)13-21-23(28)26(24(29)32-21)14-22(27)25-18-9-7-15(3)11-16(18)4/h7-13H,5-6,14H2,1-4H3,(H,25,27)/b21-13+. The van der Waals surface area contributed by atoms with Crippen molar-refractivity contribution in [1.29, 1.82) is 0 Å². The number of imide groups is 1. The molecule has 2 aromatic carbocycles. The minimum absolute atomic E-state index is 0.251. The SMILES string of the molecule is CCOc1ccc(/C=C2/SC(=O)N(CC(=O)Nc3ccc(C)cc3C)C2=O)cc1OCC. The summed E-state index contributed by atoms with van der Waals surface area (Å²) in [5, 5.41) is 2.29. The lowest BCUT2D eigenvalue weighted by molar-refractivity contribution is -0.127. The minimum atomic E-state index is -0.498. The third kappa shape index (κ3) is 5.50. The lowest BCUT2D eigenvalue weighted by Crippen LogP contribution is -2.36. The molecule has 7 nitrogen and oxygen atoms in total. The number of nitrogens with one attached hydrogen (secondary N) is 1. The van der Waals surface area contributed by atoms with E-state index in [0.717, 1.165) is 27.8 Å². The molecular weight excluding hydrogens is 428 g/mol. The van der Waals surface area contributed by atoms with Gasteiger partial charge in [-0.25, -0.2) is 0 Å². The summed E-state index contributed by atoms with van der Waals surface area (Å²) in [6.45, 7) is 8.24. The van der Waals surface area contributed by atoms with Crippen molar-refractivity contribution in [2.24, 2.45) is 0 Å². The number of carbonyl (C=O) groups is 3. The summed E-state index contributed by atoms with van der Waals surface area (Å²) in [4.78, 5) is 38.8. The van der Waals surface area contributed by atoms with Gasteiger partial charge >= 0.3 is 0 Å². The molecule has 1 heterocycles. The molecular formula is C24H26N2O5S. The van der Waals surface area contributed by atoms with Gasteiger partial charge in [-0.1, -0.05) is 23.8 Å². The molecule has 0 saturated carbocycles. The van der Waals surface area contributed by atoms with Gasteiger partial charge < -0.3 is 14.8 Å². The largest absolute Gasteiger partial charge is 0.490 e. The first-order valence-electron chi connectivity index (χ1n) is 10.3. The second kappa shape index (κ2) is 10.4. The molecule has 0 unspecified atom stereocenters. The fourth-order valence-corrected chi connectivity index (χ4v) is 4.07. The van der Waals surface area contributed by atoms with E-state index >= 15 is 0 Å². The molecule has 1 aliphatic rings. The van der Waals surface area contributed by atoms with Crippen LogP contribution >= 0.6 is 11.8 Å². The normalized spacial score (nSPS) is 14.8. The molecule has 0 aliphatic carbocycles. The number of rotatable bonds is 8. The molecule has 0 spiro atoms. The third-order valence-electron chi connectivity index (χ3n) is 4.70. The number of anilines is 1. The van der Waals surface area contributed by atoms with E-state index in [2.05, 4.69) is 5.32 Å². The number of ether oxygens (including phenoxy) is 2. The maximum Gasteiger partial charge on any atom is 0.294 e. The van der Waals surface area contributed by atoms with Crippen molar-refractivity contribution in [3.63, 3.8) is 0 Å². The highest BCUT2D eigenvalue weighted by Crippen LogP contribution is 2.34. The van der Waals surface area contributed by atoms with E-state index in [1.165, 1.54) is 0 Å². The van der Waals surface area contributed by atoms with E-state index in [1.54, 1.807) is 30.3 Å². The van der Waals surface area contributed by atoms with Crippen LogP contribution in [0.25, 0.3) is 6.08 Å². The number of nitrogens with zero attached hydrogens (tertiary/aromatic N) is 1. The first kappa shape index (κ1) is 23.4. The van der Waals surface area contributed by atoms with Crippen LogP contribution < -0.4 is 14.8 Å². The summed E-state index contributed by atoms with van der Waals surface area (Å²) in [5.74, 6) is 0.251. The van der Waals surface area contributed by atoms with Crippen molar-refractivity contribution in [3.05, 3.63) is 58.0 Å². The lowest BCUT2D eigenvalue weighted by Gasteiger charge is -2.14. The highest BCUT2D eigenvalue weighted by atomic mass is 32.2. The van der Waals surface area contributed by atoms with Crippen LogP contribution in [0.5, 0.6) is 11.5 Å². The van der Waals surface area contributed by atoms with Crippen molar-refractivity contribution < 1.29 is 23.9 Å². The van der Waals surface area contributed by atoms with Crippen LogP contribution in [-0.4, -0.2) is 41.7 Å². The average Bonchev–Trinajstić information content (AvgIpc) is 2.99. The first-order valence-corrected chi connectivity index (χ1v) is 11.2. The second-order valence-electron chi connectivity index (χ2n) is 7.21. The van der Waals surface area contributed by atoms with Gasteiger partial charge in [0.25, 0.3) is 11.1 Å². The van der Waals surface area contributed by atoms with Crippen molar-refractivity contribution in [2.75, 3.05) is 25.1 Å².